The van der Waals surface area contributed by atoms with Crippen molar-refractivity contribution in [1.29, 1.82) is 0 Å². The van der Waals surface area contributed by atoms with Crippen LogP contribution in [-0.2, 0) is 4.79 Å². The van der Waals surface area contributed by atoms with Crippen LogP contribution in [0.3, 0.4) is 0 Å². The highest BCUT2D eigenvalue weighted by molar-refractivity contribution is 9.10. The lowest BCUT2D eigenvalue weighted by atomic mass is 10.1. The molecule has 5 nitrogen and oxygen atoms in total. The summed E-state index contributed by atoms with van der Waals surface area (Å²) >= 11 is 10.7. The number of ether oxygens (including phenoxy) is 1. The van der Waals surface area contributed by atoms with Crippen LogP contribution < -0.4 is 10.1 Å². The SMILES string of the molecule is O=C(COc1ccc2ccccc2c1Br)Nc1nnc(-c2ccc(Cl)cc2)s1. The molecule has 0 aliphatic carbocycles. The van der Waals surface area contributed by atoms with E-state index in [0.717, 1.165) is 20.8 Å². The van der Waals surface area contributed by atoms with Gasteiger partial charge >= 0.3 is 0 Å². The van der Waals surface area contributed by atoms with Gasteiger partial charge in [-0.05, 0) is 44.9 Å². The average Bonchev–Trinajstić information content (AvgIpc) is 3.16. The predicted octanol–water partition coefficient (Wildman–Crippen LogP) is 5.79. The third-order valence-corrected chi connectivity index (χ3v) is 5.91. The first-order valence-corrected chi connectivity index (χ1v) is 10.3. The lowest BCUT2D eigenvalue weighted by Crippen LogP contribution is -2.20. The van der Waals surface area contributed by atoms with E-state index in [2.05, 4.69) is 31.4 Å². The molecular weight excluding hydrogens is 462 g/mol. The zero-order valence-corrected chi connectivity index (χ0v) is 17.5. The molecule has 1 N–H and O–H groups in total. The molecule has 0 radical (unpaired) electrons. The Balaban J connectivity index is 1.40. The van der Waals surface area contributed by atoms with E-state index in [4.69, 9.17) is 16.3 Å². The van der Waals surface area contributed by atoms with Gasteiger partial charge in [-0.2, -0.15) is 0 Å². The first kappa shape index (κ1) is 18.9. The topological polar surface area (TPSA) is 64.1 Å². The maximum Gasteiger partial charge on any atom is 0.264 e. The van der Waals surface area contributed by atoms with Crippen LogP contribution in [-0.4, -0.2) is 22.7 Å². The fourth-order valence-corrected chi connectivity index (χ4v) is 4.11. The first-order valence-electron chi connectivity index (χ1n) is 8.29. The minimum Gasteiger partial charge on any atom is -0.483 e. The molecule has 4 aromatic rings. The molecule has 1 aromatic heterocycles. The normalized spacial score (nSPS) is 10.8. The van der Waals surface area contributed by atoms with Gasteiger partial charge in [-0.1, -0.05) is 65.4 Å². The number of anilines is 1. The number of benzene rings is 3. The molecule has 1 amide bonds. The smallest absolute Gasteiger partial charge is 0.264 e. The Bertz CT molecular complexity index is 1150. The van der Waals surface area contributed by atoms with Crippen molar-refractivity contribution in [3.8, 4) is 16.3 Å². The number of rotatable bonds is 5. The van der Waals surface area contributed by atoms with Gasteiger partial charge in [0.05, 0.1) is 4.47 Å². The van der Waals surface area contributed by atoms with Gasteiger partial charge in [-0.15, -0.1) is 10.2 Å². The van der Waals surface area contributed by atoms with Crippen molar-refractivity contribution >= 4 is 60.7 Å². The van der Waals surface area contributed by atoms with E-state index in [0.29, 0.717) is 20.9 Å². The van der Waals surface area contributed by atoms with E-state index in [9.17, 15) is 4.79 Å². The maximum absolute atomic E-state index is 12.2. The fraction of sp³-hybridized carbons (Fsp3) is 0.0500. The van der Waals surface area contributed by atoms with Crippen LogP contribution in [0.5, 0.6) is 5.75 Å². The van der Waals surface area contributed by atoms with Gasteiger partial charge in [0, 0.05) is 10.6 Å². The predicted molar refractivity (Wildman–Crippen MR) is 116 cm³/mol. The molecular formula is C20H13BrClN3O2S. The summed E-state index contributed by atoms with van der Waals surface area (Å²) in [5.41, 5.74) is 0.888. The lowest BCUT2D eigenvalue weighted by Gasteiger charge is -2.09. The summed E-state index contributed by atoms with van der Waals surface area (Å²) in [4.78, 5) is 12.2. The highest BCUT2D eigenvalue weighted by Gasteiger charge is 2.12. The van der Waals surface area contributed by atoms with Gasteiger partial charge in [0.15, 0.2) is 6.61 Å². The summed E-state index contributed by atoms with van der Waals surface area (Å²) in [5, 5.41) is 14.7. The molecule has 4 rings (SSSR count). The van der Waals surface area contributed by atoms with Crippen molar-refractivity contribution < 1.29 is 9.53 Å². The number of carbonyl (C=O) groups is 1. The number of aromatic nitrogens is 2. The fourth-order valence-electron chi connectivity index (χ4n) is 2.61. The van der Waals surface area contributed by atoms with Gasteiger partial charge in [0.1, 0.15) is 10.8 Å². The molecule has 0 unspecified atom stereocenters. The molecule has 0 bridgehead atoms. The van der Waals surface area contributed by atoms with Crippen molar-refractivity contribution in [3.63, 3.8) is 0 Å². The molecule has 140 valence electrons. The summed E-state index contributed by atoms with van der Waals surface area (Å²) in [7, 11) is 0. The van der Waals surface area contributed by atoms with Crippen LogP contribution in [0, 0.1) is 0 Å². The highest BCUT2D eigenvalue weighted by atomic mass is 79.9. The molecule has 1 heterocycles. The molecule has 0 aliphatic heterocycles. The summed E-state index contributed by atoms with van der Waals surface area (Å²) < 4.78 is 6.49. The number of fused-ring (bicyclic) bond motifs is 1. The van der Waals surface area contributed by atoms with Gasteiger partial charge in [0.2, 0.25) is 5.13 Å². The molecule has 8 heteroatoms. The Morgan fingerprint density at radius 1 is 1.07 bits per heavy atom. The van der Waals surface area contributed by atoms with Crippen molar-refractivity contribution in [3.05, 3.63) is 70.2 Å². The quantitative estimate of drug-likeness (QED) is 0.397. The molecule has 3 aromatic carbocycles. The lowest BCUT2D eigenvalue weighted by molar-refractivity contribution is -0.118. The summed E-state index contributed by atoms with van der Waals surface area (Å²) in [5.74, 6) is 0.298. The average molecular weight is 475 g/mol. The molecule has 0 atom stereocenters. The monoisotopic (exact) mass is 473 g/mol. The van der Waals surface area contributed by atoms with Crippen LogP contribution in [0.1, 0.15) is 0 Å². The summed E-state index contributed by atoms with van der Waals surface area (Å²) in [6.45, 7) is -0.132. The number of nitrogens with one attached hydrogen (secondary N) is 1. The van der Waals surface area contributed by atoms with Crippen LogP contribution in [0.25, 0.3) is 21.3 Å². The number of amides is 1. The highest BCUT2D eigenvalue weighted by Crippen LogP contribution is 2.33. The Morgan fingerprint density at radius 2 is 1.86 bits per heavy atom. The van der Waals surface area contributed by atoms with E-state index >= 15 is 0 Å². The molecule has 0 saturated heterocycles. The molecule has 0 saturated carbocycles. The Kier molecular flexibility index (Phi) is 5.57. The Morgan fingerprint density at radius 3 is 2.68 bits per heavy atom. The van der Waals surface area contributed by atoms with Crippen LogP contribution in [0.4, 0.5) is 5.13 Å². The number of halogens is 2. The number of nitrogens with zero attached hydrogens (tertiary/aromatic N) is 2. The zero-order valence-electron chi connectivity index (χ0n) is 14.4. The summed E-state index contributed by atoms with van der Waals surface area (Å²) in [6.07, 6.45) is 0. The maximum atomic E-state index is 12.2. The van der Waals surface area contributed by atoms with Gasteiger partial charge in [0.25, 0.3) is 5.91 Å². The van der Waals surface area contributed by atoms with Gasteiger partial charge in [-0.25, -0.2) is 0 Å². The van der Waals surface area contributed by atoms with Crippen molar-refractivity contribution in [2.24, 2.45) is 0 Å². The third-order valence-electron chi connectivity index (χ3n) is 3.95. The van der Waals surface area contributed by atoms with Gasteiger partial charge < -0.3 is 4.74 Å². The second kappa shape index (κ2) is 8.26. The summed E-state index contributed by atoms with van der Waals surface area (Å²) in [6, 6.07) is 19.0. The standard InChI is InChI=1S/C20H13BrClN3O2S/c21-18-15-4-2-1-3-12(15)7-10-16(18)27-11-17(26)23-20-25-24-19(28-20)13-5-8-14(22)9-6-13/h1-10H,11H2,(H,23,25,26). The molecule has 0 spiro atoms. The minimum atomic E-state index is -0.307. The van der Waals surface area contributed by atoms with Crippen molar-refractivity contribution in [2.45, 2.75) is 0 Å². The third kappa shape index (κ3) is 4.16. The van der Waals surface area contributed by atoms with Crippen LogP contribution >= 0.6 is 38.9 Å². The molecule has 0 fully saturated rings. The van der Waals surface area contributed by atoms with Crippen LogP contribution in [0.2, 0.25) is 5.02 Å². The van der Waals surface area contributed by atoms with Crippen LogP contribution in [0.15, 0.2) is 65.1 Å². The van der Waals surface area contributed by atoms with E-state index in [1.807, 2.05) is 48.5 Å². The van der Waals surface area contributed by atoms with Gasteiger partial charge in [-0.3, -0.25) is 10.1 Å². The van der Waals surface area contributed by atoms with E-state index in [1.54, 1.807) is 12.1 Å². The second-order valence-electron chi connectivity index (χ2n) is 5.85. The minimum absolute atomic E-state index is 0.132. The Hall–Kier alpha value is -2.48. The van der Waals surface area contributed by atoms with Crippen molar-refractivity contribution in [2.75, 3.05) is 11.9 Å². The molecule has 0 aliphatic rings. The van der Waals surface area contributed by atoms with Crippen molar-refractivity contribution in [1.82, 2.24) is 10.2 Å². The Labute approximate surface area is 178 Å². The largest absolute Gasteiger partial charge is 0.483 e. The van der Waals surface area contributed by atoms with E-state index in [1.165, 1.54) is 11.3 Å². The molecule has 28 heavy (non-hydrogen) atoms. The number of carbonyl (C=O) groups excluding carboxylic acids is 1. The first-order chi connectivity index (χ1) is 13.6. The zero-order chi connectivity index (χ0) is 19.5. The number of hydrogen-bond acceptors (Lipinski definition) is 5. The number of hydrogen-bond donors (Lipinski definition) is 1. The second-order valence-corrected chi connectivity index (χ2v) is 8.06. The van der Waals surface area contributed by atoms with E-state index in [-0.39, 0.29) is 12.5 Å². The van der Waals surface area contributed by atoms with E-state index < -0.39 is 0 Å².